The third-order valence-electron chi connectivity index (χ3n) is 1.66. The number of rotatable bonds is 0. The fraction of sp³-hybridized carbons (Fsp3) is 0.125. The van der Waals surface area contributed by atoms with Gasteiger partial charge in [0.2, 0.25) is 0 Å². The number of pyridine rings is 1. The highest BCUT2D eigenvalue weighted by Gasteiger charge is 1.96. The molecule has 0 saturated carbocycles. The van der Waals surface area contributed by atoms with E-state index >= 15 is 0 Å². The molecule has 2 aromatic rings. The maximum absolute atomic E-state index is 11.1. The summed E-state index contributed by atoms with van der Waals surface area (Å²) in [7, 11) is 1.76. The Morgan fingerprint density at radius 3 is 3.18 bits per heavy atom. The van der Waals surface area contributed by atoms with Crippen LogP contribution in [0.5, 0.6) is 0 Å². The third-order valence-corrected chi connectivity index (χ3v) is 2.54. The molecule has 11 heavy (non-hydrogen) atoms. The Morgan fingerprint density at radius 2 is 2.36 bits per heavy atom. The highest BCUT2D eigenvalue weighted by atomic mass is 32.1. The normalized spacial score (nSPS) is 10.6. The molecule has 2 rings (SSSR count). The Labute approximate surface area is 67.7 Å². The summed E-state index contributed by atoms with van der Waals surface area (Å²) in [6.07, 6.45) is 1.86. The second-order valence-corrected chi connectivity index (χ2v) is 3.41. The molecule has 0 spiro atoms. The largest absolute Gasteiger partial charge is 0.318 e. The van der Waals surface area contributed by atoms with Crippen LogP contribution in [0.2, 0.25) is 0 Å². The van der Waals surface area contributed by atoms with Gasteiger partial charge in [0.15, 0.2) is 0 Å². The molecule has 0 N–H and O–H groups in total. The molecule has 2 heterocycles. The average Bonchev–Trinajstić information content (AvgIpc) is 2.36. The zero-order valence-electron chi connectivity index (χ0n) is 6.07. The van der Waals surface area contributed by atoms with Crippen LogP contribution in [0.3, 0.4) is 0 Å². The van der Waals surface area contributed by atoms with Crippen molar-refractivity contribution in [1.82, 2.24) is 4.57 Å². The summed E-state index contributed by atoms with van der Waals surface area (Å²) < 4.78 is 2.66. The molecule has 2 aromatic heterocycles. The Balaban J connectivity index is 2.97. The molecule has 2 nitrogen and oxygen atoms in total. The van der Waals surface area contributed by atoms with Gasteiger partial charge in [-0.1, -0.05) is 0 Å². The van der Waals surface area contributed by atoms with Crippen LogP contribution in [0, 0.1) is 0 Å². The van der Waals surface area contributed by atoms with Gasteiger partial charge in [0.25, 0.3) is 5.56 Å². The van der Waals surface area contributed by atoms with Gasteiger partial charge in [0.1, 0.15) is 0 Å². The number of hydrogen-bond donors (Lipinski definition) is 0. The molecule has 0 atom stereocenters. The summed E-state index contributed by atoms with van der Waals surface area (Å²) in [5.74, 6) is 0. The van der Waals surface area contributed by atoms with E-state index in [2.05, 4.69) is 0 Å². The lowest BCUT2D eigenvalue weighted by Gasteiger charge is -1.94. The number of hydrogen-bond acceptors (Lipinski definition) is 2. The summed E-state index contributed by atoms with van der Waals surface area (Å²) in [5, 5.41) is 3.13. The van der Waals surface area contributed by atoms with Crippen molar-refractivity contribution in [3.05, 3.63) is 34.1 Å². The smallest absolute Gasteiger partial charge is 0.251 e. The van der Waals surface area contributed by atoms with Crippen LogP contribution in [0.1, 0.15) is 0 Å². The van der Waals surface area contributed by atoms with Gasteiger partial charge in [-0.2, -0.15) is 0 Å². The summed E-state index contributed by atoms with van der Waals surface area (Å²) in [4.78, 5) is 11.1. The van der Waals surface area contributed by atoms with Crippen LogP contribution in [-0.2, 0) is 7.05 Å². The second kappa shape index (κ2) is 2.20. The Bertz CT molecular complexity index is 441. The predicted molar refractivity (Wildman–Crippen MR) is 47.1 cm³/mol. The summed E-state index contributed by atoms with van der Waals surface area (Å²) in [5.41, 5.74) is 0.0555. The van der Waals surface area contributed by atoms with Gasteiger partial charge in [-0.3, -0.25) is 4.79 Å². The van der Waals surface area contributed by atoms with Crippen LogP contribution >= 0.6 is 11.3 Å². The molecular formula is C8H7NOS. The molecule has 0 unspecified atom stereocenters. The van der Waals surface area contributed by atoms with Crippen LogP contribution in [0.4, 0.5) is 0 Å². The van der Waals surface area contributed by atoms with E-state index in [0.29, 0.717) is 0 Å². The standard InChI is InChI=1S/C8H7NOS/c1-9-5-6-2-3-11-7(6)4-8(9)10/h2-5H,1H3. The average molecular weight is 165 g/mol. The monoisotopic (exact) mass is 165 g/mol. The van der Waals surface area contributed by atoms with E-state index in [4.69, 9.17) is 0 Å². The van der Waals surface area contributed by atoms with Crippen molar-refractivity contribution < 1.29 is 0 Å². The number of aromatic nitrogens is 1. The molecule has 0 aliphatic carbocycles. The molecule has 0 bridgehead atoms. The first-order valence-corrected chi connectivity index (χ1v) is 4.19. The molecule has 0 saturated heterocycles. The quantitative estimate of drug-likeness (QED) is 0.581. The van der Waals surface area contributed by atoms with Gasteiger partial charge in [-0.05, 0) is 11.4 Å². The van der Waals surface area contributed by atoms with E-state index in [1.165, 1.54) is 0 Å². The van der Waals surface area contributed by atoms with Crippen molar-refractivity contribution in [2.24, 2.45) is 7.05 Å². The van der Waals surface area contributed by atoms with Crippen molar-refractivity contribution in [2.75, 3.05) is 0 Å². The van der Waals surface area contributed by atoms with E-state index in [1.54, 1.807) is 29.0 Å². The number of nitrogens with zero attached hydrogens (tertiary/aromatic N) is 1. The minimum atomic E-state index is 0.0555. The van der Waals surface area contributed by atoms with E-state index in [-0.39, 0.29) is 5.56 Å². The first kappa shape index (κ1) is 6.61. The molecule has 0 radical (unpaired) electrons. The van der Waals surface area contributed by atoms with Crippen LogP contribution in [-0.4, -0.2) is 4.57 Å². The first-order valence-electron chi connectivity index (χ1n) is 3.31. The first-order chi connectivity index (χ1) is 5.27. The van der Waals surface area contributed by atoms with Gasteiger partial charge in [0, 0.05) is 29.4 Å². The lowest BCUT2D eigenvalue weighted by Crippen LogP contribution is -2.13. The SMILES string of the molecule is Cn1cc2ccsc2cc1=O. The minimum Gasteiger partial charge on any atom is -0.318 e. The van der Waals surface area contributed by atoms with E-state index in [9.17, 15) is 4.79 Å². The van der Waals surface area contributed by atoms with Crippen LogP contribution in [0.15, 0.2) is 28.5 Å². The maximum Gasteiger partial charge on any atom is 0.251 e. The lowest BCUT2D eigenvalue weighted by atomic mass is 10.3. The molecule has 0 aliphatic heterocycles. The van der Waals surface area contributed by atoms with Crippen molar-refractivity contribution in [3.63, 3.8) is 0 Å². The Hall–Kier alpha value is -1.09. The van der Waals surface area contributed by atoms with E-state index in [1.807, 2.05) is 17.6 Å². The van der Waals surface area contributed by atoms with Crippen LogP contribution < -0.4 is 5.56 Å². The second-order valence-electron chi connectivity index (χ2n) is 2.46. The highest BCUT2D eigenvalue weighted by molar-refractivity contribution is 7.17. The van der Waals surface area contributed by atoms with Crippen LogP contribution in [0.25, 0.3) is 10.1 Å². The van der Waals surface area contributed by atoms with Gasteiger partial charge in [-0.25, -0.2) is 0 Å². The van der Waals surface area contributed by atoms with Gasteiger partial charge in [-0.15, -0.1) is 11.3 Å². The molecule has 0 aliphatic rings. The van der Waals surface area contributed by atoms with Crippen molar-refractivity contribution >= 4 is 21.4 Å². The maximum atomic E-state index is 11.1. The molecule has 3 heteroatoms. The third kappa shape index (κ3) is 0.973. The van der Waals surface area contributed by atoms with Crippen molar-refractivity contribution in [2.45, 2.75) is 0 Å². The van der Waals surface area contributed by atoms with Gasteiger partial charge >= 0.3 is 0 Å². The fourth-order valence-electron chi connectivity index (χ4n) is 1.04. The van der Waals surface area contributed by atoms with E-state index < -0.39 is 0 Å². The van der Waals surface area contributed by atoms with Crippen molar-refractivity contribution in [3.8, 4) is 0 Å². The zero-order valence-corrected chi connectivity index (χ0v) is 6.89. The highest BCUT2D eigenvalue weighted by Crippen LogP contribution is 2.17. The predicted octanol–water partition coefficient (Wildman–Crippen LogP) is 1.60. The summed E-state index contributed by atoms with van der Waals surface area (Å²) >= 11 is 1.60. The lowest BCUT2D eigenvalue weighted by molar-refractivity contribution is 0.871. The molecule has 0 amide bonds. The zero-order chi connectivity index (χ0) is 7.84. The molecule has 0 fully saturated rings. The molecule has 56 valence electrons. The van der Waals surface area contributed by atoms with Gasteiger partial charge in [0.05, 0.1) is 0 Å². The molecular weight excluding hydrogens is 158 g/mol. The van der Waals surface area contributed by atoms with Gasteiger partial charge < -0.3 is 4.57 Å². The number of thiophene rings is 1. The topological polar surface area (TPSA) is 22.0 Å². The van der Waals surface area contributed by atoms with E-state index in [0.717, 1.165) is 10.1 Å². The molecule has 0 aromatic carbocycles. The number of fused-ring (bicyclic) bond motifs is 1. The van der Waals surface area contributed by atoms with Crippen molar-refractivity contribution in [1.29, 1.82) is 0 Å². The Kier molecular flexibility index (Phi) is 1.32. The fourth-order valence-corrected chi connectivity index (χ4v) is 1.83. The minimum absolute atomic E-state index is 0.0555. The Morgan fingerprint density at radius 1 is 1.55 bits per heavy atom. The summed E-state index contributed by atoms with van der Waals surface area (Å²) in [6.45, 7) is 0. The number of aryl methyl sites for hydroxylation is 1. The summed E-state index contributed by atoms with van der Waals surface area (Å²) in [6, 6.07) is 3.68.